The highest BCUT2D eigenvalue weighted by molar-refractivity contribution is 6.05. The molecule has 30 heavy (non-hydrogen) atoms. The van der Waals surface area contributed by atoms with Gasteiger partial charge in [-0.05, 0) is 29.8 Å². The zero-order chi connectivity index (χ0) is 22.1. The highest BCUT2D eigenvalue weighted by Crippen LogP contribution is 2.21. The lowest BCUT2D eigenvalue weighted by molar-refractivity contribution is -0.214. The van der Waals surface area contributed by atoms with E-state index < -0.39 is 36.1 Å². The zero-order valence-electron chi connectivity index (χ0n) is 15.5. The lowest BCUT2D eigenvalue weighted by Gasteiger charge is -2.28. The molecule has 6 N–H and O–H groups in total. The molecule has 0 aliphatic heterocycles. The number of ether oxygens (including phenoxy) is 2. The van der Waals surface area contributed by atoms with Crippen molar-refractivity contribution in [1.29, 1.82) is 0 Å². The molecular formula is C19H19N3O8. The maximum atomic E-state index is 12.6. The van der Waals surface area contributed by atoms with Crippen LogP contribution in [0.1, 0.15) is 15.9 Å². The molecule has 0 radical (unpaired) electrons. The molecule has 0 bridgehead atoms. The monoisotopic (exact) mass is 417 g/mol. The van der Waals surface area contributed by atoms with Gasteiger partial charge in [-0.15, -0.1) is 0 Å². The Morgan fingerprint density at radius 1 is 0.933 bits per heavy atom. The van der Waals surface area contributed by atoms with Gasteiger partial charge in [-0.1, -0.05) is 30.3 Å². The van der Waals surface area contributed by atoms with Gasteiger partial charge in [0, 0.05) is 12.1 Å². The Balaban J connectivity index is 2.20. The molecule has 0 spiro atoms. The molecule has 0 fully saturated rings. The normalized spacial score (nSPS) is 12.3. The highest BCUT2D eigenvalue weighted by Gasteiger charge is 2.52. The second-order valence-corrected chi connectivity index (χ2v) is 5.83. The van der Waals surface area contributed by atoms with Crippen LogP contribution in [0.5, 0.6) is 5.75 Å². The predicted molar refractivity (Wildman–Crippen MR) is 101 cm³/mol. The van der Waals surface area contributed by atoms with E-state index in [9.17, 15) is 24.3 Å². The number of rotatable bonds is 9. The molecular weight excluding hydrogens is 398 g/mol. The van der Waals surface area contributed by atoms with Gasteiger partial charge in [-0.3, -0.25) is 20.4 Å². The number of carbonyl (C=O) groups is 4. The maximum absolute atomic E-state index is 12.6. The summed E-state index contributed by atoms with van der Waals surface area (Å²) in [5.41, 5.74) is 10.3. The Morgan fingerprint density at radius 2 is 1.57 bits per heavy atom. The molecule has 0 aliphatic rings. The van der Waals surface area contributed by atoms with E-state index in [0.29, 0.717) is 0 Å². The summed E-state index contributed by atoms with van der Waals surface area (Å²) in [7, 11) is 0. The van der Waals surface area contributed by atoms with Crippen LogP contribution in [0.4, 0.5) is 0 Å². The van der Waals surface area contributed by atoms with Crippen LogP contribution in [-0.2, 0) is 25.7 Å². The van der Waals surface area contributed by atoms with Gasteiger partial charge in [0.25, 0.3) is 5.91 Å². The number of carboxylic acid groups (broad SMARTS) is 2. The summed E-state index contributed by atoms with van der Waals surface area (Å²) in [6, 6.07) is 13.4. The number of amides is 2. The molecule has 2 amide bonds. The quantitative estimate of drug-likeness (QED) is 0.211. The van der Waals surface area contributed by atoms with Crippen molar-refractivity contribution in [2.45, 2.75) is 12.3 Å². The maximum Gasteiger partial charge on any atom is 0.394 e. The van der Waals surface area contributed by atoms with Crippen LogP contribution < -0.4 is 21.3 Å². The molecule has 158 valence electrons. The topological polar surface area (TPSA) is 177 Å². The van der Waals surface area contributed by atoms with E-state index >= 15 is 0 Å². The minimum atomic E-state index is -3.07. The first kappa shape index (κ1) is 22.3. The summed E-state index contributed by atoms with van der Waals surface area (Å²) in [5.74, 6) is -8.82. The summed E-state index contributed by atoms with van der Waals surface area (Å²) >= 11 is 0. The molecule has 0 saturated carbocycles. The van der Waals surface area contributed by atoms with E-state index in [2.05, 4.69) is 0 Å². The fourth-order valence-corrected chi connectivity index (χ4v) is 2.22. The largest absolute Gasteiger partial charge is 0.480 e. The highest BCUT2D eigenvalue weighted by atomic mass is 16.7. The van der Waals surface area contributed by atoms with E-state index in [1.54, 1.807) is 18.2 Å². The molecule has 1 unspecified atom stereocenters. The number of carbonyl (C=O) groups excluding carboxylic acids is 2. The first-order chi connectivity index (χ1) is 14.3. The van der Waals surface area contributed by atoms with Gasteiger partial charge in [0.15, 0.2) is 0 Å². The van der Waals surface area contributed by atoms with Crippen LogP contribution in [0.3, 0.4) is 0 Å². The fraction of sp³-hybridized carbons (Fsp3) is 0.158. The number of nitrogens with two attached hydrogens (primary N) is 1. The molecule has 2 rings (SSSR count). The van der Waals surface area contributed by atoms with Crippen molar-refractivity contribution in [1.82, 2.24) is 10.9 Å². The third-order valence-electron chi connectivity index (χ3n) is 3.73. The number of hydrazine groups is 1. The van der Waals surface area contributed by atoms with Gasteiger partial charge in [0.05, 0.1) is 0 Å². The molecule has 2 aromatic rings. The number of benzene rings is 2. The Labute approximate surface area is 170 Å². The van der Waals surface area contributed by atoms with Crippen LogP contribution >= 0.6 is 0 Å². The summed E-state index contributed by atoms with van der Waals surface area (Å²) in [4.78, 5) is 47.5. The Bertz CT molecular complexity index is 917. The Hall–Kier alpha value is -3.96. The molecule has 0 aliphatic carbocycles. The Morgan fingerprint density at radius 3 is 2.10 bits per heavy atom. The second-order valence-electron chi connectivity index (χ2n) is 5.83. The Kier molecular flexibility index (Phi) is 7.44. The summed E-state index contributed by atoms with van der Waals surface area (Å²) in [6.07, 6.45) is 0. The standard InChI is InChI=1S/C19H19N3O8/c20-10-12-6-8-13(9-7-12)16(25)21-22-17(26)19(18(27)28,29-11-15(23)24)30-14-4-2-1-3-5-14/h1-9H,10-11,20H2,(H,21,25)(H,22,26)(H,23,24)(H,27,28). The van der Waals surface area contributed by atoms with Gasteiger partial charge in [0.1, 0.15) is 12.4 Å². The lowest BCUT2D eigenvalue weighted by Crippen LogP contribution is -2.62. The zero-order valence-corrected chi connectivity index (χ0v) is 15.5. The molecule has 0 saturated heterocycles. The van der Waals surface area contributed by atoms with Crippen LogP contribution in [-0.4, -0.2) is 46.4 Å². The second kappa shape index (κ2) is 10.0. The third-order valence-corrected chi connectivity index (χ3v) is 3.73. The lowest BCUT2D eigenvalue weighted by atomic mass is 10.1. The van der Waals surface area contributed by atoms with Gasteiger partial charge in [-0.2, -0.15) is 0 Å². The predicted octanol–water partition coefficient (Wildman–Crippen LogP) is -0.133. The van der Waals surface area contributed by atoms with E-state index in [0.717, 1.165) is 5.56 Å². The van der Waals surface area contributed by atoms with Crippen molar-refractivity contribution >= 4 is 23.8 Å². The number of nitrogens with one attached hydrogen (secondary N) is 2. The number of aliphatic carboxylic acids is 2. The minimum Gasteiger partial charge on any atom is -0.480 e. The van der Waals surface area contributed by atoms with Gasteiger partial charge < -0.3 is 25.4 Å². The van der Waals surface area contributed by atoms with E-state index in [1.165, 1.54) is 36.4 Å². The van der Waals surface area contributed by atoms with Crippen molar-refractivity contribution < 1.29 is 38.9 Å². The summed E-state index contributed by atoms with van der Waals surface area (Å²) < 4.78 is 9.97. The average Bonchev–Trinajstić information content (AvgIpc) is 2.75. The minimum absolute atomic E-state index is 0.0795. The van der Waals surface area contributed by atoms with Crippen molar-refractivity contribution in [3.8, 4) is 5.75 Å². The molecule has 11 heteroatoms. The molecule has 0 aromatic heterocycles. The smallest absolute Gasteiger partial charge is 0.394 e. The molecule has 1 atom stereocenters. The van der Waals surface area contributed by atoms with Gasteiger partial charge in [-0.25, -0.2) is 9.59 Å². The van der Waals surface area contributed by atoms with Crippen LogP contribution in [0.25, 0.3) is 0 Å². The van der Waals surface area contributed by atoms with E-state index in [4.69, 9.17) is 20.3 Å². The molecule has 2 aromatic carbocycles. The van der Waals surface area contributed by atoms with E-state index in [-0.39, 0.29) is 17.9 Å². The van der Waals surface area contributed by atoms with Gasteiger partial charge in [0.2, 0.25) is 0 Å². The first-order valence-electron chi connectivity index (χ1n) is 8.51. The van der Waals surface area contributed by atoms with Crippen LogP contribution in [0.2, 0.25) is 0 Å². The average molecular weight is 417 g/mol. The summed E-state index contributed by atoms with van der Waals surface area (Å²) in [6.45, 7) is -0.876. The molecule has 0 heterocycles. The fourth-order valence-electron chi connectivity index (χ4n) is 2.22. The SMILES string of the molecule is NCc1ccc(C(=O)NNC(=O)C(OCC(=O)O)(Oc2ccccc2)C(=O)O)cc1. The number of hydrogen-bond donors (Lipinski definition) is 5. The van der Waals surface area contributed by atoms with Crippen LogP contribution in [0, 0.1) is 0 Å². The van der Waals surface area contributed by atoms with Crippen molar-refractivity contribution in [3.05, 3.63) is 65.7 Å². The third kappa shape index (κ3) is 5.53. The van der Waals surface area contributed by atoms with Crippen molar-refractivity contribution in [2.24, 2.45) is 5.73 Å². The number of para-hydroxylation sites is 1. The number of carboxylic acids is 2. The number of hydrogen-bond acceptors (Lipinski definition) is 7. The van der Waals surface area contributed by atoms with Gasteiger partial charge >= 0.3 is 23.6 Å². The van der Waals surface area contributed by atoms with Crippen LogP contribution in [0.15, 0.2) is 54.6 Å². The van der Waals surface area contributed by atoms with Crippen molar-refractivity contribution in [3.63, 3.8) is 0 Å². The van der Waals surface area contributed by atoms with E-state index in [1.807, 2.05) is 10.9 Å². The molecule has 11 nitrogen and oxygen atoms in total. The first-order valence-corrected chi connectivity index (χ1v) is 8.51. The summed E-state index contributed by atoms with van der Waals surface area (Å²) in [5, 5.41) is 18.4. The van der Waals surface area contributed by atoms with Crippen molar-refractivity contribution in [2.75, 3.05) is 6.61 Å².